The first-order chi connectivity index (χ1) is 35.6. The van der Waals surface area contributed by atoms with Crippen molar-refractivity contribution in [3.63, 3.8) is 0 Å². The number of nitrogens with one attached hydrogen (secondary N) is 3. The second-order valence-corrected chi connectivity index (χ2v) is 21.6. The molecule has 3 aliphatic rings. The summed E-state index contributed by atoms with van der Waals surface area (Å²) < 4.78 is 27.0. The smallest absolute Gasteiger partial charge is 0.334 e. The van der Waals surface area contributed by atoms with E-state index in [0.717, 1.165) is 32.8 Å². The zero-order chi connectivity index (χ0) is 54.3. The number of nitrogens with zero attached hydrogens (tertiary/aromatic N) is 3. The number of esters is 2. The SMILES string of the molecule is CC(=O)O[C@@H]1C[C@@H](C(=O)N[C@@H](C)c2ccc(-c3scnc3C)cc2)N(C(=O)[C@@H](NC(=O)CCCCCc2cccc(OC(=O)[C@H](CCC(N)=O)NC(=O)[C@@H]3Cc4cccc5c4N3C(=O)[C@@H](N)CC5)c2F)C(C)(C)C)C1. The molecule has 20 heteroatoms. The molecule has 0 saturated carbocycles. The number of hydrogen-bond donors (Lipinski definition) is 5. The summed E-state index contributed by atoms with van der Waals surface area (Å²) in [5.74, 6) is -5.89. The van der Waals surface area contributed by atoms with Gasteiger partial charge in [0.2, 0.25) is 35.4 Å². The summed E-state index contributed by atoms with van der Waals surface area (Å²) in [5, 5.41) is 8.55. The topological polar surface area (TPSA) is 263 Å². The van der Waals surface area contributed by atoms with Crippen LogP contribution in [0, 0.1) is 18.2 Å². The van der Waals surface area contributed by atoms with Crippen molar-refractivity contribution in [2.75, 3.05) is 11.4 Å². The Balaban J connectivity index is 0.923. The molecule has 4 heterocycles. The number of likely N-dealkylation sites (tertiary alicyclic amines) is 1. The van der Waals surface area contributed by atoms with Crippen LogP contribution in [0.15, 0.2) is 66.2 Å². The number of hydrogen-bond acceptors (Lipinski definition) is 13. The molecule has 1 aromatic heterocycles. The summed E-state index contributed by atoms with van der Waals surface area (Å²) in [6.07, 6.45) is 1.54. The van der Waals surface area contributed by atoms with Crippen LogP contribution in [-0.2, 0) is 62.4 Å². The number of unbranched alkanes of at least 4 members (excludes halogenated alkanes) is 2. The van der Waals surface area contributed by atoms with E-state index in [1.807, 2.05) is 56.3 Å². The lowest BCUT2D eigenvalue weighted by atomic mass is 9.85. The van der Waals surface area contributed by atoms with Gasteiger partial charge in [0.25, 0.3) is 0 Å². The van der Waals surface area contributed by atoms with Crippen molar-refractivity contribution in [1.29, 1.82) is 0 Å². The van der Waals surface area contributed by atoms with Crippen LogP contribution in [0.3, 0.4) is 0 Å². The fourth-order valence-electron chi connectivity index (χ4n) is 10.0. The van der Waals surface area contributed by atoms with Crippen molar-refractivity contribution in [2.45, 2.75) is 155 Å². The van der Waals surface area contributed by atoms with Crippen molar-refractivity contribution in [3.8, 4) is 16.2 Å². The van der Waals surface area contributed by atoms with Crippen molar-refractivity contribution < 1.29 is 52.2 Å². The van der Waals surface area contributed by atoms with Crippen LogP contribution in [0.1, 0.15) is 120 Å². The van der Waals surface area contributed by atoms with Gasteiger partial charge >= 0.3 is 11.9 Å². The number of amides is 6. The molecular weight excluding hydrogens is 984 g/mol. The number of aromatic nitrogens is 1. The van der Waals surface area contributed by atoms with Crippen molar-refractivity contribution in [3.05, 3.63) is 99.9 Å². The molecule has 0 radical (unpaired) electrons. The number of primary amides is 1. The molecule has 3 aromatic carbocycles. The molecule has 7 atom stereocenters. The molecule has 0 spiro atoms. The van der Waals surface area contributed by atoms with Crippen LogP contribution in [0.25, 0.3) is 10.4 Å². The number of ether oxygens (including phenoxy) is 2. The van der Waals surface area contributed by atoms with E-state index in [1.165, 1.54) is 28.9 Å². The van der Waals surface area contributed by atoms with Crippen molar-refractivity contribution in [2.24, 2.45) is 16.9 Å². The average molecular weight is 1050 g/mol. The third kappa shape index (κ3) is 13.4. The summed E-state index contributed by atoms with van der Waals surface area (Å²) in [5.41, 5.74) is 17.9. The summed E-state index contributed by atoms with van der Waals surface area (Å²) in [7, 11) is 0. The number of carbonyl (C=O) groups is 8. The number of thiazole rings is 1. The summed E-state index contributed by atoms with van der Waals surface area (Å²) in [6, 6.07) is 12.0. The first-order valence-electron chi connectivity index (χ1n) is 25.5. The van der Waals surface area contributed by atoms with E-state index >= 15 is 4.39 Å². The lowest BCUT2D eigenvalue weighted by molar-refractivity contribution is -0.147. The molecule has 0 bridgehead atoms. The minimum Gasteiger partial charge on any atom is -0.461 e. The van der Waals surface area contributed by atoms with Crippen LogP contribution >= 0.6 is 11.3 Å². The number of para-hydroxylation sites is 1. The zero-order valence-corrected chi connectivity index (χ0v) is 44.1. The third-order valence-electron chi connectivity index (χ3n) is 14.0. The normalized spacial score (nSPS) is 19.3. The van der Waals surface area contributed by atoms with Gasteiger partial charge in [-0.05, 0) is 91.7 Å². The van der Waals surface area contributed by atoms with Gasteiger partial charge in [-0.2, -0.15) is 0 Å². The van der Waals surface area contributed by atoms with Gasteiger partial charge in [0, 0.05) is 32.6 Å². The van der Waals surface area contributed by atoms with E-state index < -0.39 is 101 Å². The minimum atomic E-state index is -1.41. The van der Waals surface area contributed by atoms with Gasteiger partial charge in [-0.15, -0.1) is 11.3 Å². The number of anilines is 1. The van der Waals surface area contributed by atoms with Gasteiger partial charge in [0.1, 0.15) is 30.3 Å². The van der Waals surface area contributed by atoms with Gasteiger partial charge in [0.15, 0.2) is 11.6 Å². The molecular formula is C55H67FN8O10S. The Morgan fingerprint density at radius 1 is 0.907 bits per heavy atom. The molecule has 0 aliphatic carbocycles. The van der Waals surface area contributed by atoms with Gasteiger partial charge in [-0.25, -0.2) is 14.2 Å². The predicted octanol–water partition coefficient (Wildman–Crippen LogP) is 5.19. The number of benzene rings is 3. The second-order valence-electron chi connectivity index (χ2n) is 20.7. The van der Waals surface area contributed by atoms with E-state index in [1.54, 1.807) is 43.7 Å². The van der Waals surface area contributed by atoms with E-state index in [2.05, 4.69) is 20.9 Å². The number of aryl methyl sites for hydroxylation is 3. The first-order valence-corrected chi connectivity index (χ1v) is 26.3. The highest BCUT2D eigenvalue weighted by atomic mass is 32.1. The van der Waals surface area contributed by atoms with Crippen LogP contribution in [0.4, 0.5) is 10.1 Å². The first kappa shape index (κ1) is 55.7. The van der Waals surface area contributed by atoms with Crippen molar-refractivity contribution in [1.82, 2.24) is 25.8 Å². The molecule has 6 amide bonds. The predicted molar refractivity (Wildman–Crippen MR) is 278 cm³/mol. The molecule has 4 aromatic rings. The number of nitrogens with two attached hydrogens (primary N) is 2. The maximum absolute atomic E-state index is 16.0. The fourth-order valence-corrected chi connectivity index (χ4v) is 10.8. The maximum atomic E-state index is 16.0. The average Bonchev–Trinajstić information content (AvgIpc) is 4.08. The molecule has 0 unspecified atom stereocenters. The Bertz CT molecular complexity index is 2810. The van der Waals surface area contributed by atoms with Crippen LogP contribution in [0.5, 0.6) is 5.75 Å². The van der Waals surface area contributed by atoms with E-state index in [9.17, 15) is 38.4 Å². The molecule has 75 heavy (non-hydrogen) atoms. The number of halogens is 1. The maximum Gasteiger partial charge on any atom is 0.334 e. The Labute approximate surface area is 439 Å². The molecule has 7 N–H and O–H groups in total. The summed E-state index contributed by atoms with van der Waals surface area (Å²) in [4.78, 5) is 115. The van der Waals surface area contributed by atoms with Crippen molar-refractivity contribution >= 4 is 64.4 Å². The monoisotopic (exact) mass is 1050 g/mol. The van der Waals surface area contributed by atoms with Crippen LogP contribution in [0.2, 0.25) is 0 Å². The fraction of sp³-hybridized carbons (Fsp3) is 0.473. The van der Waals surface area contributed by atoms with E-state index in [4.69, 9.17) is 20.9 Å². The highest BCUT2D eigenvalue weighted by molar-refractivity contribution is 7.13. The molecule has 400 valence electrons. The highest BCUT2D eigenvalue weighted by Gasteiger charge is 2.47. The third-order valence-corrected chi connectivity index (χ3v) is 15.0. The van der Waals surface area contributed by atoms with Crippen LogP contribution < -0.4 is 37.1 Å². The van der Waals surface area contributed by atoms with E-state index in [0.29, 0.717) is 37.8 Å². The number of carbonyl (C=O) groups excluding carboxylic acids is 8. The van der Waals surface area contributed by atoms with Crippen LogP contribution in [-0.4, -0.2) is 100 Å². The second kappa shape index (κ2) is 24.1. The standard InChI is InChI=1S/C55H67FN8O10S/c1-30(33-18-20-36(21-19-33)48-31(2)59-29-75-48)60-50(68)41-27-38(73-32(3)65)28-63(41)53(71)49(55(4,5)6)62-45(67)17-9-7-8-12-34-13-11-16-43(46(34)56)74-54(72)40(24-25-44(58)66)61-51(69)42-26-37-15-10-14-35-22-23-39(57)52(70)64(42)47(35)37/h10-11,13-16,18-21,29-30,38-42,49H,7-9,12,17,22-28,57H2,1-6H3,(H2,58,66)(H,60,68)(H,61,69)(H,62,67)/t30-,38+,39-,40-,41-,42-,49+/m0/s1. The molecule has 1 saturated heterocycles. The van der Waals surface area contributed by atoms with Gasteiger partial charge in [-0.1, -0.05) is 81.8 Å². The lowest BCUT2D eigenvalue weighted by Gasteiger charge is -2.35. The Morgan fingerprint density at radius 2 is 1.61 bits per heavy atom. The highest BCUT2D eigenvalue weighted by Crippen LogP contribution is 2.39. The molecule has 3 aliphatic heterocycles. The molecule has 7 rings (SSSR count). The number of rotatable bonds is 20. The van der Waals surface area contributed by atoms with E-state index in [-0.39, 0.29) is 56.4 Å². The summed E-state index contributed by atoms with van der Waals surface area (Å²) in [6.45, 7) is 10.4. The van der Waals surface area contributed by atoms with Gasteiger partial charge < -0.3 is 41.8 Å². The minimum absolute atomic E-state index is 0.0334. The Kier molecular flexibility index (Phi) is 17.9. The quantitative estimate of drug-likeness (QED) is 0.0435. The zero-order valence-electron chi connectivity index (χ0n) is 43.2. The lowest BCUT2D eigenvalue weighted by Crippen LogP contribution is -2.57. The molecule has 18 nitrogen and oxygen atoms in total. The summed E-state index contributed by atoms with van der Waals surface area (Å²) >= 11 is 1.54. The van der Waals surface area contributed by atoms with Gasteiger partial charge in [-0.3, -0.25) is 38.5 Å². The van der Waals surface area contributed by atoms with Gasteiger partial charge in [0.05, 0.1) is 40.4 Å². The Morgan fingerprint density at radius 3 is 2.29 bits per heavy atom. The Hall–Kier alpha value is -7.06. The molecule has 1 fully saturated rings. The largest absolute Gasteiger partial charge is 0.461 e.